The SMILES string of the molecule is O=C(Nc1ccc(NC(=O)N2CCCCCC2)cc1)C1CCCN(C(=O)c2cccc3ccccc23)C1. The molecular formula is C30H34N4O3. The van der Waals surface area contributed by atoms with E-state index in [9.17, 15) is 14.4 Å². The van der Waals surface area contributed by atoms with E-state index in [0.29, 0.717) is 30.0 Å². The number of likely N-dealkylation sites (tertiary alicyclic amines) is 2. The van der Waals surface area contributed by atoms with Crippen LogP contribution in [0, 0.1) is 5.92 Å². The normalized spacial score (nSPS) is 18.2. The molecule has 0 aliphatic carbocycles. The lowest BCUT2D eigenvalue weighted by Gasteiger charge is -2.32. The maximum Gasteiger partial charge on any atom is 0.321 e. The van der Waals surface area contributed by atoms with Crippen LogP contribution >= 0.6 is 0 Å². The number of rotatable bonds is 4. The van der Waals surface area contributed by atoms with Crippen molar-refractivity contribution in [3.05, 3.63) is 72.3 Å². The highest BCUT2D eigenvalue weighted by Gasteiger charge is 2.29. The van der Waals surface area contributed by atoms with Gasteiger partial charge in [-0.2, -0.15) is 0 Å². The van der Waals surface area contributed by atoms with Crippen molar-refractivity contribution in [2.24, 2.45) is 5.92 Å². The molecule has 1 atom stereocenters. The molecule has 0 saturated carbocycles. The molecule has 0 aromatic heterocycles. The van der Waals surface area contributed by atoms with Gasteiger partial charge in [0.05, 0.1) is 5.92 Å². The Morgan fingerprint density at radius 2 is 1.32 bits per heavy atom. The van der Waals surface area contributed by atoms with Crippen LogP contribution in [-0.4, -0.2) is 53.8 Å². The van der Waals surface area contributed by atoms with Crippen molar-refractivity contribution in [2.75, 3.05) is 36.8 Å². The Bertz CT molecular complexity index is 1260. The minimum atomic E-state index is -0.268. The molecule has 5 rings (SSSR count). The van der Waals surface area contributed by atoms with Gasteiger partial charge in [0, 0.05) is 43.1 Å². The molecule has 0 bridgehead atoms. The lowest BCUT2D eigenvalue weighted by atomic mass is 9.95. The van der Waals surface area contributed by atoms with Gasteiger partial charge in [-0.1, -0.05) is 49.2 Å². The standard InChI is InChI=1S/C30H34N4O3/c35-28(31-24-14-16-25(17-15-24)32-30(37)33-18-5-1-2-6-19-33)23-11-8-20-34(21-23)29(36)27-13-7-10-22-9-3-4-12-26(22)27/h3-4,7,9-10,12-17,23H,1-2,5-6,8,11,18-21H2,(H,31,35)(H,32,37). The summed E-state index contributed by atoms with van der Waals surface area (Å²) < 4.78 is 0. The average Bonchev–Trinajstić information content (AvgIpc) is 3.23. The number of anilines is 2. The summed E-state index contributed by atoms with van der Waals surface area (Å²) in [5.41, 5.74) is 2.06. The number of piperidine rings is 1. The first-order valence-corrected chi connectivity index (χ1v) is 13.3. The third-order valence-electron chi connectivity index (χ3n) is 7.40. The van der Waals surface area contributed by atoms with Gasteiger partial charge in [-0.25, -0.2) is 4.79 Å². The van der Waals surface area contributed by atoms with Crippen molar-refractivity contribution < 1.29 is 14.4 Å². The monoisotopic (exact) mass is 498 g/mol. The molecule has 7 heteroatoms. The van der Waals surface area contributed by atoms with Crippen molar-refractivity contribution in [1.82, 2.24) is 9.80 Å². The summed E-state index contributed by atoms with van der Waals surface area (Å²) in [6.07, 6.45) is 5.97. The van der Waals surface area contributed by atoms with Gasteiger partial charge in [0.15, 0.2) is 0 Å². The maximum absolute atomic E-state index is 13.4. The first kappa shape index (κ1) is 24.8. The summed E-state index contributed by atoms with van der Waals surface area (Å²) in [6.45, 7) is 2.64. The first-order valence-electron chi connectivity index (χ1n) is 13.3. The number of carbonyl (C=O) groups excluding carboxylic acids is 3. The van der Waals surface area contributed by atoms with Crippen molar-refractivity contribution >= 4 is 40.0 Å². The number of nitrogens with one attached hydrogen (secondary N) is 2. The zero-order chi connectivity index (χ0) is 25.6. The minimum absolute atomic E-state index is 0.0289. The van der Waals surface area contributed by atoms with E-state index in [2.05, 4.69) is 10.6 Å². The topological polar surface area (TPSA) is 81.8 Å². The molecule has 4 amide bonds. The van der Waals surface area contributed by atoms with Crippen molar-refractivity contribution in [1.29, 1.82) is 0 Å². The lowest BCUT2D eigenvalue weighted by molar-refractivity contribution is -0.121. The number of urea groups is 1. The largest absolute Gasteiger partial charge is 0.338 e. The number of carbonyl (C=O) groups is 3. The van der Waals surface area contributed by atoms with Crippen LogP contribution in [0.4, 0.5) is 16.2 Å². The Morgan fingerprint density at radius 1 is 0.676 bits per heavy atom. The number of amides is 4. The molecule has 2 aliphatic rings. The lowest BCUT2D eigenvalue weighted by Crippen LogP contribution is -2.43. The highest BCUT2D eigenvalue weighted by molar-refractivity contribution is 6.07. The van der Waals surface area contributed by atoms with Crippen LogP contribution in [0.15, 0.2) is 66.7 Å². The molecule has 3 aromatic rings. The summed E-state index contributed by atoms with van der Waals surface area (Å²) in [5, 5.41) is 7.92. The second kappa shape index (κ2) is 11.5. The van der Waals surface area contributed by atoms with E-state index < -0.39 is 0 Å². The number of nitrogens with zero attached hydrogens (tertiary/aromatic N) is 2. The van der Waals surface area contributed by atoms with Gasteiger partial charge in [-0.15, -0.1) is 0 Å². The summed E-state index contributed by atoms with van der Waals surface area (Å²) in [6, 6.07) is 20.8. The highest BCUT2D eigenvalue weighted by atomic mass is 16.2. The fourth-order valence-electron chi connectivity index (χ4n) is 5.32. The minimum Gasteiger partial charge on any atom is -0.338 e. The second-order valence-corrected chi connectivity index (χ2v) is 10.0. The fourth-order valence-corrected chi connectivity index (χ4v) is 5.32. The molecule has 0 radical (unpaired) electrons. The molecular weight excluding hydrogens is 464 g/mol. The van der Waals surface area contributed by atoms with Crippen LogP contribution in [0.25, 0.3) is 10.8 Å². The molecule has 2 saturated heterocycles. The third kappa shape index (κ3) is 5.93. The van der Waals surface area contributed by atoms with E-state index in [-0.39, 0.29) is 23.8 Å². The van der Waals surface area contributed by atoms with Gasteiger partial charge in [-0.05, 0) is 66.8 Å². The molecule has 3 aromatic carbocycles. The highest BCUT2D eigenvalue weighted by Crippen LogP contribution is 2.25. The molecule has 1 unspecified atom stereocenters. The maximum atomic E-state index is 13.4. The molecule has 7 nitrogen and oxygen atoms in total. The molecule has 192 valence electrons. The second-order valence-electron chi connectivity index (χ2n) is 10.0. The fraction of sp³-hybridized carbons (Fsp3) is 0.367. The Hall–Kier alpha value is -3.87. The van der Waals surface area contributed by atoms with E-state index in [0.717, 1.165) is 49.5 Å². The Labute approximate surface area is 217 Å². The third-order valence-corrected chi connectivity index (χ3v) is 7.40. The van der Waals surface area contributed by atoms with Crippen LogP contribution in [0.5, 0.6) is 0 Å². The first-order chi connectivity index (χ1) is 18.1. The molecule has 2 N–H and O–H groups in total. The molecule has 0 spiro atoms. The quantitative estimate of drug-likeness (QED) is 0.481. The van der Waals surface area contributed by atoms with E-state index in [1.165, 1.54) is 12.8 Å². The van der Waals surface area contributed by atoms with Crippen LogP contribution in [0.3, 0.4) is 0 Å². The molecule has 2 heterocycles. The van der Waals surface area contributed by atoms with E-state index in [1.807, 2.05) is 59.5 Å². The Kier molecular flexibility index (Phi) is 7.68. The summed E-state index contributed by atoms with van der Waals surface area (Å²) >= 11 is 0. The Morgan fingerprint density at radius 3 is 2.08 bits per heavy atom. The number of hydrogen-bond donors (Lipinski definition) is 2. The van der Waals surface area contributed by atoms with Gasteiger partial charge in [-0.3, -0.25) is 9.59 Å². The molecule has 2 aliphatic heterocycles. The summed E-state index contributed by atoms with van der Waals surface area (Å²) in [4.78, 5) is 42.7. The number of benzene rings is 3. The zero-order valence-corrected chi connectivity index (χ0v) is 21.1. The number of hydrogen-bond acceptors (Lipinski definition) is 3. The van der Waals surface area contributed by atoms with E-state index in [1.54, 1.807) is 17.0 Å². The average molecular weight is 499 g/mol. The predicted molar refractivity (Wildman–Crippen MR) is 147 cm³/mol. The smallest absolute Gasteiger partial charge is 0.321 e. The van der Waals surface area contributed by atoms with E-state index in [4.69, 9.17) is 0 Å². The molecule has 37 heavy (non-hydrogen) atoms. The van der Waals surface area contributed by atoms with Gasteiger partial charge < -0.3 is 20.4 Å². The molecule has 2 fully saturated rings. The predicted octanol–water partition coefficient (Wildman–Crippen LogP) is 5.74. The summed E-state index contributed by atoms with van der Waals surface area (Å²) in [5.74, 6) is -0.384. The zero-order valence-electron chi connectivity index (χ0n) is 21.1. The summed E-state index contributed by atoms with van der Waals surface area (Å²) in [7, 11) is 0. The van der Waals surface area contributed by atoms with Crippen molar-refractivity contribution in [3.63, 3.8) is 0 Å². The van der Waals surface area contributed by atoms with Crippen molar-refractivity contribution in [2.45, 2.75) is 38.5 Å². The number of fused-ring (bicyclic) bond motifs is 1. The van der Waals surface area contributed by atoms with Crippen LogP contribution in [-0.2, 0) is 4.79 Å². The van der Waals surface area contributed by atoms with Gasteiger partial charge in [0.1, 0.15) is 0 Å². The van der Waals surface area contributed by atoms with Gasteiger partial charge in [0.25, 0.3) is 5.91 Å². The van der Waals surface area contributed by atoms with Gasteiger partial charge >= 0.3 is 6.03 Å². The van der Waals surface area contributed by atoms with Crippen LogP contribution in [0.2, 0.25) is 0 Å². The van der Waals surface area contributed by atoms with Crippen molar-refractivity contribution in [3.8, 4) is 0 Å². The van der Waals surface area contributed by atoms with Crippen LogP contribution in [0.1, 0.15) is 48.9 Å². The van der Waals surface area contributed by atoms with E-state index >= 15 is 0 Å². The van der Waals surface area contributed by atoms with Gasteiger partial charge in [0.2, 0.25) is 5.91 Å². The Balaban J connectivity index is 1.18. The van der Waals surface area contributed by atoms with Crippen LogP contribution < -0.4 is 10.6 Å².